The van der Waals surface area contributed by atoms with Crippen LogP contribution in [0, 0.1) is 11.6 Å². The maximum absolute atomic E-state index is 14.0. The third-order valence-corrected chi connectivity index (χ3v) is 5.03. The molecule has 1 aliphatic rings. The Morgan fingerprint density at radius 3 is 2.45 bits per heavy atom. The molecular weight excluding hydrogens is 449 g/mol. The van der Waals surface area contributed by atoms with Crippen molar-refractivity contribution >= 4 is 34.6 Å². The molecule has 1 aliphatic heterocycles. The number of rotatable bonds is 4. The third kappa shape index (κ3) is 4.21. The summed E-state index contributed by atoms with van der Waals surface area (Å²) < 4.78 is 68.3. The molecule has 4 rings (SSSR count). The summed E-state index contributed by atoms with van der Waals surface area (Å²) in [5, 5.41) is 5.49. The fraction of sp³-hybridized carbons (Fsp3) is 0.136. The molecule has 33 heavy (non-hydrogen) atoms. The van der Waals surface area contributed by atoms with Gasteiger partial charge in [0.2, 0.25) is 0 Å². The second-order valence-corrected chi connectivity index (χ2v) is 7.17. The summed E-state index contributed by atoms with van der Waals surface area (Å²) in [4.78, 5) is 29.1. The number of carbonyl (C=O) groups excluding carboxylic acids is 2. The van der Waals surface area contributed by atoms with Crippen molar-refractivity contribution in [1.29, 1.82) is 0 Å². The average Bonchev–Trinajstić information content (AvgIpc) is 3.25. The molecule has 0 fully saturated rings. The van der Waals surface area contributed by atoms with Crippen LogP contribution in [-0.4, -0.2) is 28.3 Å². The number of halogens is 5. The van der Waals surface area contributed by atoms with Crippen molar-refractivity contribution in [2.45, 2.75) is 12.7 Å². The predicted octanol–water partition coefficient (Wildman–Crippen LogP) is 4.25. The maximum Gasteiger partial charge on any atom is 0.437 e. The molecule has 2 aromatic carbocycles. The zero-order valence-electron chi connectivity index (χ0n) is 16.8. The molecule has 6 nitrogen and oxygen atoms in total. The van der Waals surface area contributed by atoms with E-state index >= 15 is 0 Å². The quantitative estimate of drug-likeness (QED) is 0.357. The normalized spacial score (nSPS) is 15.2. The summed E-state index contributed by atoms with van der Waals surface area (Å²) in [6, 6.07) is 8.86. The Bertz CT molecular complexity index is 1340. The Hall–Kier alpha value is -4.02. The van der Waals surface area contributed by atoms with Gasteiger partial charge in [0.15, 0.2) is 5.71 Å². The highest BCUT2D eigenvalue weighted by Gasteiger charge is 2.45. The number of hydrogen-bond acceptors (Lipinski definition) is 4. The van der Waals surface area contributed by atoms with Gasteiger partial charge < -0.3 is 14.7 Å². The first-order chi connectivity index (χ1) is 15.6. The topological polar surface area (TPSA) is 72.7 Å². The van der Waals surface area contributed by atoms with Crippen LogP contribution in [-0.2, 0) is 23.2 Å². The van der Waals surface area contributed by atoms with Crippen LogP contribution in [0.5, 0.6) is 0 Å². The van der Waals surface area contributed by atoms with E-state index in [0.29, 0.717) is 11.1 Å². The summed E-state index contributed by atoms with van der Waals surface area (Å²) in [6.07, 6.45) is -4.17. The lowest BCUT2D eigenvalue weighted by atomic mass is 10.0. The van der Waals surface area contributed by atoms with Crippen LogP contribution >= 0.6 is 0 Å². The Morgan fingerprint density at radius 2 is 1.79 bits per heavy atom. The van der Waals surface area contributed by atoms with Crippen molar-refractivity contribution in [3.8, 4) is 0 Å². The first-order valence-corrected chi connectivity index (χ1v) is 9.45. The van der Waals surface area contributed by atoms with E-state index in [1.165, 1.54) is 41.9 Å². The molecule has 3 aromatic rings. The molecule has 0 saturated heterocycles. The van der Waals surface area contributed by atoms with E-state index in [-0.39, 0.29) is 23.2 Å². The van der Waals surface area contributed by atoms with Crippen molar-refractivity contribution in [3.63, 3.8) is 0 Å². The van der Waals surface area contributed by atoms with E-state index in [4.69, 9.17) is 0 Å². The van der Waals surface area contributed by atoms with Crippen LogP contribution in [0.15, 0.2) is 53.2 Å². The van der Waals surface area contributed by atoms with Crippen LogP contribution in [0.2, 0.25) is 0 Å². The number of amides is 1. The molecule has 0 spiro atoms. The number of alkyl halides is 3. The number of benzene rings is 2. The lowest BCUT2D eigenvalue weighted by Crippen LogP contribution is -2.26. The van der Waals surface area contributed by atoms with Crippen LogP contribution < -0.4 is 5.32 Å². The molecular formula is C22H14F5N3O3. The van der Waals surface area contributed by atoms with Crippen LogP contribution in [0.3, 0.4) is 0 Å². The number of fused-ring (bicyclic) bond motifs is 1. The molecule has 0 radical (unpaired) electrons. The number of nitrogens with one attached hydrogen (secondary N) is 1. The molecule has 1 N–H and O–H groups in total. The average molecular weight is 463 g/mol. The fourth-order valence-corrected chi connectivity index (χ4v) is 3.49. The van der Waals surface area contributed by atoms with Crippen LogP contribution in [0.1, 0.15) is 21.6 Å². The SMILES string of the molecule is Cn1c(C(=O)NCc2ccc(F)cc2)c(/C=C2/C(=O)ON=C2C(F)(F)F)c2cc(F)ccc21. The molecule has 0 atom stereocenters. The Balaban J connectivity index is 1.81. The van der Waals surface area contributed by atoms with E-state index in [2.05, 4.69) is 15.3 Å². The number of oxime groups is 1. The molecule has 1 amide bonds. The molecule has 1 aromatic heterocycles. The fourth-order valence-electron chi connectivity index (χ4n) is 3.49. The largest absolute Gasteiger partial charge is 0.437 e. The van der Waals surface area contributed by atoms with Gasteiger partial charge in [-0.2, -0.15) is 13.2 Å². The lowest BCUT2D eigenvalue weighted by Gasteiger charge is -2.09. The van der Waals surface area contributed by atoms with Crippen molar-refractivity contribution < 1.29 is 36.4 Å². The van der Waals surface area contributed by atoms with Gasteiger partial charge in [0.25, 0.3) is 5.91 Å². The van der Waals surface area contributed by atoms with Gasteiger partial charge in [0.05, 0.1) is 5.57 Å². The van der Waals surface area contributed by atoms with Crippen molar-refractivity contribution in [2.75, 3.05) is 0 Å². The minimum atomic E-state index is -4.99. The first kappa shape index (κ1) is 22.2. The van der Waals surface area contributed by atoms with Gasteiger partial charge in [0, 0.05) is 30.1 Å². The van der Waals surface area contributed by atoms with Gasteiger partial charge in [-0.05, 0) is 42.0 Å². The molecule has 11 heteroatoms. The number of aromatic nitrogens is 1. The van der Waals surface area contributed by atoms with E-state index in [1.807, 2.05) is 0 Å². The van der Waals surface area contributed by atoms with Crippen molar-refractivity contribution in [3.05, 3.63) is 76.5 Å². The third-order valence-electron chi connectivity index (χ3n) is 5.03. The molecule has 0 unspecified atom stereocenters. The number of hydrogen-bond donors (Lipinski definition) is 1. The van der Waals surface area contributed by atoms with Gasteiger partial charge in [0.1, 0.15) is 17.3 Å². The smallest absolute Gasteiger partial charge is 0.347 e. The number of nitrogens with zero attached hydrogens (tertiary/aromatic N) is 2. The summed E-state index contributed by atoms with van der Waals surface area (Å²) >= 11 is 0. The highest BCUT2D eigenvalue weighted by atomic mass is 19.4. The summed E-state index contributed by atoms with van der Waals surface area (Å²) in [5.74, 6) is -3.21. The molecule has 0 saturated carbocycles. The maximum atomic E-state index is 14.0. The Labute approximate surface area is 182 Å². The molecule has 0 bridgehead atoms. The van der Waals surface area contributed by atoms with E-state index < -0.39 is 41.0 Å². The standard InChI is InChI=1S/C22H14F5N3O3/c1-30-17-7-6-13(24)8-14(17)15(9-16-19(22(25,26)27)29-33-21(16)32)18(30)20(31)28-10-11-2-4-12(23)5-3-11/h2-9H,10H2,1H3,(H,28,31)/b16-9+. The minimum absolute atomic E-state index is 0.0116. The zero-order valence-corrected chi connectivity index (χ0v) is 16.8. The van der Waals surface area contributed by atoms with Gasteiger partial charge in [-0.25, -0.2) is 13.6 Å². The second kappa shape index (κ2) is 8.15. The highest BCUT2D eigenvalue weighted by Crippen LogP contribution is 2.33. The molecule has 0 aliphatic carbocycles. The number of carbonyl (C=O) groups is 2. The summed E-state index contributed by atoms with van der Waals surface area (Å²) in [7, 11) is 1.47. The second-order valence-electron chi connectivity index (χ2n) is 7.17. The molecule has 2 heterocycles. The van der Waals surface area contributed by atoms with E-state index in [0.717, 1.165) is 18.2 Å². The predicted molar refractivity (Wildman–Crippen MR) is 108 cm³/mol. The minimum Gasteiger partial charge on any atom is -0.347 e. The van der Waals surface area contributed by atoms with Gasteiger partial charge in [-0.3, -0.25) is 4.79 Å². The lowest BCUT2D eigenvalue weighted by molar-refractivity contribution is -0.136. The Kier molecular flexibility index (Phi) is 5.48. The van der Waals surface area contributed by atoms with Crippen molar-refractivity contribution in [2.24, 2.45) is 12.2 Å². The van der Waals surface area contributed by atoms with Crippen molar-refractivity contribution in [1.82, 2.24) is 9.88 Å². The van der Waals surface area contributed by atoms with Gasteiger partial charge >= 0.3 is 12.1 Å². The number of aryl methyl sites for hydroxylation is 1. The molecule has 170 valence electrons. The monoisotopic (exact) mass is 463 g/mol. The van der Waals surface area contributed by atoms with Gasteiger partial charge in [-0.15, -0.1) is 0 Å². The highest BCUT2D eigenvalue weighted by molar-refractivity contribution is 6.28. The summed E-state index contributed by atoms with van der Waals surface area (Å²) in [5.41, 5.74) is -1.79. The van der Waals surface area contributed by atoms with Gasteiger partial charge in [-0.1, -0.05) is 17.3 Å². The van der Waals surface area contributed by atoms with Crippen LogP contribution in [0.4, 0.5) is 22.0 Å². The zero-order chi connectivity index (χ0) is 23.9. The first-order valence-electron chi connectivity index (χ1n) is 9.45. The van der Waals surface area contributed by atoms with E-state index in [9.17, 15) is 31.5 Å². The summed E-state index contributed by atoms with van der Waals surface area (Å²) in [6.45, 7) is -0.0116. The van der Waals surface area contributed by atoms with E-state index in [1.54, 1.807) is 0 Å². The van der Waals surface area contributed by atoms with Crippen LogP contribution in [0.25, 0.3) is 17.0 Å². The Morgan fingerprint density at radius 1 is 1.12 bits per heavy atom.